The van der Waals surface area contributed by atoms with Gasteiger partial charge in [0.2, 0.25) is 0 Å². The number of aliphatic hydroxyl groups is 1. The number of aromatic nitrogens is 2. The number of fused-ring (bicyclic) bond motifs is 2. The summed E-state index contributed by atoms with van der Waals surface area (Å²) in [5, 5.41) is 21.7. The van der Waals surface area contributed by atoms with Crippen LogP contribution in [0.15, 0.2) is 66.4 Å². The molecule has 0 radical (unpaired) electrons. The second-order valence-corrected chi connectivity index (χ2v) is 7.24. The lowest BCUT2D eigenvalue weighted by molar-refractivity contribution is 0.411. The maximum atomic E-state index is 10.8. The molecule has 4 aromatic rings. The standard InChI is InChI=1S/C23H20N4O/c1-14-10-11-19-17(12-14)25-23(26(19)2)21-20(28)13-27(22(21)24)18-9-5-7-15-6-3-4-8-16(15)18/h3-12,24,28H,13H2,1-2H3. The van der Waals surface area contributed by atoms with Crippen LogP contribution in [0.3, 0.4) is 0 Å². The van der Waals surface area contributed by atoms with Gasteiger partial charge in [-0.3, -0.25) is 5.41 Å². The van der Waals surface area contributed by atoms with E-state index in [0.717, 1.165) is 33.1 Å². The van der Waals surface area contributed by atoms with Crippen LogP contribution in [0, 0.1) is 12.3 Å². The Balaban J connectivity index is 1.62. The first kappa shape index (κ1) is 16.6. The Morgan fingerprint density at radius 2 is 1.82 bits per heavy atom. The Kier molecular flexibility index (Phi) is 3.52. The number of aliphatic hydroxyl groups excluding tert-OH is 1. The zero-order chi connectivity index (χ0) is 19.4. The third kappa shape index (κ3) is 2.33. The summed E-state index contributed by atoms with van der Waals surface area (Å²) in [7, 11) is 1.92. The summed E-state index contributed by atoms with van der Waals surface area (Å²) in [4.78, 5) is 6.57. The van der Waals surface area contributed by atoms with Gasteiger partial charge in [0.05, 0.1) is 28.8 Å². The van der Waals surface area contributed by atoms with Gasteiger partial charge in [-0.05, 0) is 36.1 Å². The monoisotopic (exact) mass is 368 g/mol. The SMILES string of the molecule is Cc1ccc2c(c1)nc(C1=C(O)CN(c3cccc4ccccc34)C1=N)n2C. The lowest BCUT2D eigenvalue weighted by Crippen LogP contribution is -2.26. The lowest BCUT2D eigenvalue weighted by Gasteiger charge is -2.20. The first-order valence-electron chi connectivity index (χ1n) is 9.24. The molecule has 5 rings (SSSR count). The molecule has 0 saturated heterocycles. The van der Waals surface area contributed by atoms with Crippen molar-refractivity contribution in [3.63, 3.8) is 0 Å². The molecule has 2 heterocycles. The van der Waals surface area contributed by atoms with Crippen LogP contribution in [-0.4, -0.2) is 27.0 Å². The summed E-state index contributed by atoms with van der Waals surface area (Å²) >= 11 is 0. The second-order valence-electron chi connectivity index (χ2n) is 7.24. The van der Waals surface area contributed by atoms with E-state index in [1.807, 2.05) is 72.0 Å². The number of anilines is 1. The number of benzene rings is 3. The smallest absolute Gasteiger partial charge is 0.148 e. The number of rotatable bonds is 2. The number of nitrogens with one attached hydrogen (secondary N) is 1. The minimum atomic E-state index is 0.174. The summed E-state index contributed by atoms with van der Waals surface area (Å²) in [5.41, 5.74) is 4.39. The largest absolute Gasteiger partial charge is 0.509 e. The van der Waals surface area contributed by atoms with Gasteiger partial charge >= 0.3 is 0 Å². The van der Waals surface area contributed by atoms with Crippen LogP contribution in [0.4, 0.5) is 5.69 Å². The molecule has 0 fully saturated rings. The van der Waals surface area contributed by atoms with Crippen LogP contribution >= 0.6 is 0 Å². The van der Waals surface area contributed by atoms with Crippen molar-refractivity contribution >= 4 is 38.9 Å². The average molecular weight is 368 g/mol. The van der Waals surface area contributed by atoms with Crippen LogP contribution in [0.5, 0.6) is 0 Å². The van der Waals surface area contributed by atoms with Crippen molar-refractivity contribution in [2.45, 2.75) is 6.92 Å². The van der Waals surface area contributed by atoms with E-state index in [-0.39, 0.29) is 18.1 Å². The van der Waals surface area contributed by atoms with Crippen molar-refractivity contribution in [3.05, 3.63) is 77.8 Å². The third-order valence-electron chi connectivity index (χ3n) is 5.42. The van der Waals surface area contributed by atoms with Gasteiger partial charge < -0.3 is 14.6 Å². The van der Waals surface area contributed by atoms with E-state index >= 15 is 0 Å². The summed E-state index contributed by atoms with van der Waals surface area (Å²) < 4.78 is 1.95. The Bertz CT molecular complexity index is 1290. The molecule has 3 aromatic carbocycles. The van der Waals surface area contributed by atoms with Crippen molar-refractivity contribution in [2.75, 3.05) is 11.4 Å². The van der Waals surface area contributed by atoms with Crippen molar-refractivity contribution in [3.8, 4) is 0 Å². The van der Waals surface area contributed by atoms with E-state index in [2.05, 4.69) is 12.1 Å². The Labute approximate surface area is 162 Å². The zero-order valence-corrected chi connectivity index (χ0v) is 15.8. The third-order valence-corrected chi connectivity index (χ3v) is 5.42. The fourth-order valence-corrected chi connectivity index (χ4v) is 4.00. The van der Waals surface area contributed by atoms with Gasteiger partial charge in [-0.25, -0.2) is 4.98 Å². The van der Waals surface area contributed by atoms with Crippen molar-refractivity contribution < 1.29 is 5.11 Å². The summed E-state index contributed by atoms with van der Waals surface area (Å²) in [6.07, 6.45) is 0. The van der Waals surface area contributed by atoms with E-state index in [1.54, 1.807) is 0 Å². The highest BCUT2D eigenvalue weighted by Gasteiger charge is 2.32. The number of aryl methyl sites for hydroxylation is 2. The Morgan fingerprint density at radius 3 is 2.68 bits per heavy atom. The quantitative estimate of drug-likeness (QED) is 0.534. The van der Waals surface area contributed by atoms with Crippen molar-refractivity contribution in [1.82, 2.24) is 9.55 Å². The van der Waals surface area contributed by atoms with E-state index < -0.39 is 0 Å². The highest BCUT2D eigenvalue weighted by molar-refractivity contribution is 6.31. The predicted molar refractivity (Wildman–Crippen MR) is 114 cm³/mol. The first-order chi connectivity index (χ1) is 13.5. The minimum Gasteiger partial charge on any atom is -0.509 e. The van der Waals surface area contributed by atoms with E-state index in [9.17, 15) is 5.11 Å². The summed E-state index contributed by atoms with van der Waals surface area (Å²) in [6.45, 7) is 2.30. The lowest BCUT2D eigenvalue weighted by atomic mass is 10.1. The van der Waals surface area contributed by atoms with Crippen LogP contribution in [0.1, 0.15) is 11.4 Å². The number of hydrogen-bond donors (Lipinski definition) is 2. The maximum Gasteiger partial charge on any atom is 0.148 e. The molecular weight excluding hydrogens is 348 g/mol. The van der Waals surface area contributed by atoms with E-state index in [0.29, 0.717) is 11.4 Å². The molecule has 0 spiro atoms. The average Bonchev–Trinajstić information content (AvgIpc) is 3.16. The molecule has 2 N–H and O–H groups in total. The fraction of sp³-hybridized carbons (Fsp3) is 0.130. The molecule has 1 aliphatic rings. The Hall–Kier alpha value is -3.60. The number of nitrogens with zero attached hydrogens (tertiary/aromatic N) is 3. The number of imidazole rings is 1. The minimum absolute atomic E-state index is 0.174. The van der Waals surface area contributed by atoms with Gasteiger partial charge in [-0.2, -0.15) is 0 Å². The van der Waals surface area contributed by atoms with Crippen molar-refractivity contribution in [1.29, 1.82) is 5.41 Å². The normalized spacial score (nSPS) is 14.6. The number of amidine groups is 1. The van der Waals surface area contributed by atoms with Gasteiger partial charge in [0.1, 0.15) is 17.4 Å². The van der Waals surface area contributed by atoms with Crippen LogP contribution in [0.25, 0.3) is 27.4 Å². The van der Waals surface area contributed by atoms with Gasteiger partial charge in [0.15, 0.2) is 0 Å². The fourth-order valence-electron chi connectivity index (χ4n) is 4.00. The molecule has 28 heavy (non-hydrogen) atoms. The van der Waals surface area contributed by atoms with Gasteiger partial charge in [-0.1, -0.05) is 42.5 Å². The van der Waals surface area contributed by atoms with Gasteiger partial charge in [0, 0.05) is 12.4 Å². The van der Waals surface area contributed by atoms with Gasteiger partial charge in [0.25, 0.3) is 0 Å². The highest BCUT2D eigenvalue weighted by atomic mass is 16.3. The predicted octanol–water partition coefficient (Wildman–Crippen LogP) is 4.80. The molecule has 0 aliphatic carbocycles. The highest BCUT2D eigenvalue weighted by Crippen LogP contribution is 2.35. The molecule has 1 aromatic heterocycles. The van der Waals surface area contributed by atoms with Crippen LogP contribution < -0.4 is 4.90 Å². The summed E-state index contributed by atoms with van der Waals surface area (Å²) in [6, 6.07) is 20.2. The van der Waals surface area contributed by atoms with E-state index in [4.69, 9.17) is 10.4 Å². The second kappa shape index (κ2) is 5.96. The van der Waals surface area contributed by atoms with Gasteiger partial charge in [-0.15, -0.1) is 0 Å². The molecular formula is C23H20N4O. The molecule has 5 heteroatoms. The molecule has 1 aliphatic heterocycles. The Morgan fingerprint density at radius 1 is 1.04 bits per heavy atom. The maximum absolute atomic E-state index is 10.8. The number of hydrogen-bond acceptors (Lipinski definition) is 3. The topological polar surface area (TPSA) is 65.1 Å². The van der Waals surface area contributed by atoms with Crippen LogP contribution in [0.2, 0.25) is 0 Å². The van der Waals surface area contributed by atoms with Crippen LogP contribution in [-0.2, 0) is 7.05 Å². The molecule has 0 amide bonds. The molecule has 138 valence electrons. The first-order valence-corrected chi connectivity index (χ1v) is 9.24. The van der Waals surface area contributed by atoms with Crippen molar-refractivity contribution in [2.24, 2.45) is 7.05 Å². The summed E-state index contributed by atoms with van der Waals surface area (Å²) in [5.74, 6) is 1.06. The van der Waals surface area contributed by atoms with E-state index in [1.165, 1.54) is 0 Å². The molecule has 5 nitrogen and oxygen atoms in total. The molecule has 0 atom stereocenters. The molecule has 0 unspecified atom stereocenters. The molecule has 0 saturated carbocycles. The molecule has 0 bridgehead atoms. The zero-order valence-electron chi connectivity index (χ0n) is 15.8.